The van der Waals surface area contributed by atoms with Gasteiger partial charge in [-0.1, -0.05) is 18.6 Å². The Hall–Kier alpha value is -1.92. The standard InChI is InChI=1S/C13H21N5O2/c1-4-5-11-13(20)18(9(2)6-12(19)14-11)8-10-7-17(3)16-15-10/h7,9,11H,4-6,8H2,1-3H3,(H,14,19). The SMILES string of the molecule is CCCC1NC(=O)CC(C)N(Cc2cn(C)nn2)C1=O. The average Bonchev–Trinajstić information content (AvgIpc) is 2.76. The summed E-state index contributed by atoms with van der Waals surface area (Å²) in [6.07, 6.45) is 3.62. The molecule has 0 saturated carbocycles. The summed E-state index contributed by atoms with van der Waals surface area (Å²) in [4.78, 5) is 26.1. The molecule has 0 aliphatic carbocycles. The topological polar surface area (TPSA) is 80.1 Å². The summed E-state index contributed by atoms with van der Waals surface area (Å²) >= 11 is 0. The van der Waals surface area contributed by atoms with Gasteiger partial charge in [0.2, 0.25) is 11.8 Å². The third-order valence-corrected chi connectivity index (χ3v) is 3.49. The second-order valence-electron chi connectivity index (χ2n) is 5.31. The predicted octanol–water partition coefficient (Wildman–Crippen LogP) is 0.221. The number of hydrogen-bond donors (Lipinski definition) is 1. The monoisotopic (exact) mass is 279 g/mol. The first-order chi connectivity index (χ1) is 9.51. The van der Waals surface area contributed by atoms with E-state index in [4.69, 9.17) is 0 Å². The van der Waals surface area contributed by atoms with Gasteiger partial charge >= 0.3 is 0 Å². The fourth-order valence-corrected chi connectivity index (χ4v) is 2.47. The molecule has 2 heterocycles. The Balaban J connectivity index is 2.18. The van der Waals surface area contributed by atoms with E-state index in [-0.39, 0.29) is 17.9 Å². The van der Waals surface area contributed by atoms with Crippen LogP contribution < -0.4 is 5.32 Å². The summed E-state index contributed by atoms with van der Waals surface area (Å²) in [5.41, 5.74) is 0.734. The number of carbonyl (C=O) groups excluding carboxylic acids is 2. The number of carbonyl (C=O) groups is 2. The lowest BCUT2D eigenvalue weighted by Crippen LogP contribution is -2.46. The minimum atomic E-state index is -0.422. The molecule has 0 bridgehead atoms. The lowest BCUT2D eigenvalue weighted by molar-refractivity contribution is -0.135. The fourth-order valence-electron chi connectivity index (χ4n) is 2.47. The molecule has 110 valence electrons. The molecule has 1 N–H and O–H groups in total. The second kappa shape index (κ2) is 6.02. The van der Waals surface area contributed by atoms with Crippen LogP contribution in [0.2, 0.25) is 0 Å². The molecule has 1 saturated heterocycles. The fraction of sp³-hybridized carbons (Fsp3) is 0.692. The van der Waals surface area contributed by atoms with Gasteiger partial charge in [-0.2, -0.15) is 0 Å². The average molecular weight is 279 g/mol. The molecule has 0 aromatic carbocycles. The molecular formula is C13H21N5O2. The van der Waals surface area contributed by atoms with Crippen LogP contribution in [-0.2, 0) is 23.2 Å². The van der Waals surface area contributed by atoms with E-state index in [1.165, 1.54) is 0 Å². The van der Waals surface area contributed by atoms with Crippen molar-refractivity contribution in [1.29, 1.82) is 0 Å². The van der Waals surface area contributed by atoms with Crippen molar-refractivity contribution in [3.63, 3.8) is 0 Å². The summed E-state index contributed by atoms with van der Waals surface area (Å²) in [6, 6.07) is -0.555. The van der Waals surface area contributed by atoms with E-state index in [1.807, 2.05) is 13.8 Å². The van der Waals surface area contributed by atoms with E-state index in [1.54, 1.807) is 22.8 Å². The van der Waals surface area contributed by atoms with E-state index < -0.39 is 6.04 Å². The van der Waals surface area contributed by atoms with Crippen LogP contribution in [0.3, 0.4) is 0 Å². The molecular weight excluding hydrogens is 258 g/mol. The number of aromatic nitrogens is 3. The molecule has 1 aromatic rings. The molecule has 7 heteroatoms. The van der Waals surface area contributed by atoms with E-state index >= 15 is 0 Å². The van der Waals surface area contributed by atoms with Crippen molar-refractivity contribution < 1.29 is 9.59 Å². The Morgan fingerprint density at radius 1 is 1.45 bits per heavy atom. The van der Waals surface area contributed by atoms with E-state index in [9.17, 15) is 9.59 Å². The highest BCUT2D eigenvalue weighted by Gasteiger charge is 2.33. The normalized spacial score (nSPS) is 23.6. The zero-order valence-electron chi connectivity index (χ0n) is 12.2. The lowest BCUT2D eigenvalue weighted by Gasteiger charge is -2.27. The highest BCUT2D eigenvalue weighted by molar-refractivity contribution is 5.90. The van der Waals surface area contributed by atoms with Gasteiger partial charge in [0.15, 0.2) is 0 Å². The first kappa shape index (κ1) is 14.5. The van der Waals surface area contributed by atoms with Gasteiger partial charge in [-0.05, 0) is 13.3 Å². The van der Waals surface area contributed by atoms with Crippen LogP contribution in [0.1, 0.15) is 38.8 Å². The molecule has 1 fully saturated rings. The summed E-state index contributed by atoms with van der Waals surface area (Å²) in [6.45, 7) is 4.28. The van der Waals surface area contributed by atoms with Crippen molar-refractivity contribution in [3.05, 3.63) is 11.9 Å². The van der Waals surface area contributed by atoms with Crippen molar-refractivity contribution in [3.8, 4) is 0 Å². The third kappa shape index (κ3) is 3.15. The van der Waals surface area contributed by atoms with Crippen LogP contribution >= 0.6 is 0 Å². The van der Waals surface area contributed by atoms with Gasteiger partial charge in [-0.25, -0.2) is 0 Å². The van der Waals surface area contributed by atoms with Crippen LogP contribution in [0.15, 0.2) is 6.20 Å². The molecule has 0 radical (unpaired) electrons. The van der Waals surface area contributed by atoms with Crippen LogP contribution in [0.5, 0.6) is 0 Å². The zero-order valence-corrected chi connectivity index (χ0v) is 12.2. The van der Waals surface area contributed by atoms with Gasteiger partial charge in [0.1, 0.15) is 11.7 Å². The number of amides is 2. The first-order valence-electron chi connectivity index (χ1n) is 6.96. The Bertz CT molecular complexity index is 499. The maximum absolute atomic E-state index is 12.6. The Morgan fingerprint density at radius 2 is 2.20 bits per heavy atom. The van der Waals surface area contributed by atoms with Crippen LogP contribution in [-0.4, -0.2) is 43.8 Å². The Kier molecular flexibility index (Phi) is 4.36. The van der Waals surface area contributed by atoms with Crippen molar-refractivity contribution in [2.45, 2.75) is 51.7 Å². The summed E-state index contributed by atoms with van der Waals surface area (Å²) < 4.78 is 1.61. The number of aryl methyl sites for hydroxylation is 1. The Morgan fingerprint density at radius 3 is 2.80 bits per heavy atom. The van der Waals surface area contributed by atoms with Gasteiger partial charge in [-0.3, -0.25) is 14.3 Å². The molecule has 0 spiro atoms. The maximum atomic E-state index is 12.6. The van der Waals surface area contributed by atoms with Crippen LogP contribution in [0.25, 0.3) is 0 Å². The van der Waals surface area contributed by atoms with E-state index in [0.717, 1.165) is 12.1 Å². The van der Waals surface area contributed by atoms with Gasteiger partial charge in [0, 0.05) is 25.7 Å². The van der Waals surface area contributed by atoms with Crippen molar-refractivity contribution >= 4 is 11.8 Å². The van der Waals surface area contributed by atoms with E-state index in [2.05, 4.69) is 15.6 Å². The molecule has 2 unspecified atom stereocenters. The number of hydrogen-bond acceptors (Lipinski definition) is 4. The zero-order chi connectivity index (χ0) is 14.7. The molecule has 2 atom stereocenters. The van der Waals surface area contributed by atoms with Crippen molar-refractivity contribution in [2.24, 2.45) is 7.05 Å². The molecule has 2 amide bonds. The number of nitrogens with one attached hydrogen (secondary N) is 1. The highest BCUT2D eigenvalue weighted by atomic mass is 16.2. The van der Waals surface area contributed by atoms with Crippen LogP contribution in [0.4, 0.5) is 0 Å². The van der Waals surface area contributed by atoms with Crippen LogP contribution in [0, 0.1) is 0 Å². The number of nitrogens with zero attached hydrogens (tertiary/aromatic N) is 4. The molecule has 20 heavy (non-hydrogen) atoms. The summed E-state index contributed by atoms with van der Waals surface area (Å²) in [5.74, 6) is -0.0956. The molecule has 1 aliphatic rings. The first-order valence-corrected chi connectivity index (χ1v) is 6.96. The largest absolute Gasteiger partial charge is 0.344 e. The van der Waals surface area contributed by atoms with Gasteiger partial charge < -0.3 is 10.2 Å². The van der Waals surface area contributed by atoms with Gasteiger partial charge in [0.25, 0.3) is 0 Å². The van der Waals surface area contributed by atoms with Crippen molar-refractivity contribution in [2.75, 3.05) is 0 Å². The smallest absolute Gasteiger partial charge is 0.245 e. The van der Waals surface area contributed by atoms with Gasteiger partial charge in [0.05, 0.1) is 6.54 Å². The van der Waals surface area contributed by atoms with Crippen molar-refractivity contribution in [1.82, 2.24) is 25.2 Å². The second-order valence-corrected chi connectivity index (χ2v) is 5.31. The highest BCUT2D eigenvalue weighted by Crippen LogP contribution is 2.16. The van der Waals surface area contributed by atoms with E-state index in [0.29, 0.717) is 19.4 Å². The summed E-state index contributed by atoms with van der Waals surface area (Å²) in [5, 5.41) is 10.7. The molecule has 1 aliphatic heterocycles. The lowest BCUT2D eigenvalue weighted by atomic mass is 10.1. The minimum Gasteiger partial charge on any atom is -0.344 e. The maximum Gasteiger partial charge on any atom is 0.245 e. The summed E-state index contributed by atoms with van der Waals surface area (Å²) in [7, 11) is 1.79. The van der Waals surface area contributed by atoms with Gasteiger partial charge in [-0.15, -0.1) is 5.10 Å². The minimum absolute atomic E-state index is 0.0316. The quantitative estimate of drug-likeness (QED) is 0.855. The molecule has 7 nitrogen and oxygen atoms in total. The Labute approximate surface area is 118 Å². The molecule has 2 rings (SSSR count). The predicted molar refractivity (Wildman–Crippen MR) is 72.5 cm³/mol. The molecule has 1 aromatic heterocycles. The number of rotatable bonds is 4. The third-order valence-electron chi connectivity index (χ3n) is 3.49.